The van der Waals surface area contributed by atoms with Gasteiger partial charge in [-0.1, -0.05) is 13.8 Å². The van der Waals surface area contributed by atoms with Gasteiger partial charge < -0.3 is 33.9 Å². The molecule has 1 aromatic heterocycles. The van der Waals surface area contributed by atoms with Gasteiger partial charge >= 0.3 is 13.2 Å². The largest absolute Gasteiger partial charge is 0.498 e. The number of carboxylic acid groups (broad SMARTS) is 1. The van der Waals surface area contributed by atoms with Gasteiger partial charge in [-0.2, -0.15) is 5.10 Å². The van der Waals surface area contributed by atoms with Crippen molar-refractivity contribution in [3.8, 4) is 0 Å². The van der Waals surface area contributed by atoms with Gasteiger partial charge in [-0.05, 0) is 95.8 Å². The van der Waals surface area contributed by atoms with E-state index in [1.165, 1.54) is 19.3 Å². The smallest absolute Gasteiger partial charge is 0.465 e. The van der Waals surface area contributed by atoms with Crippen LogP contribution in [0.15, 0.2) is 6.20 Å². The molecule has 2 heterocycles. The van der Waals surface area contributed by atoms with Gasteiger partial charge in [0.25, 0.3) is 0 Å². The second kappa shape index (κ2) is 11.4. The molecule has 1 saturated heterocycles. The van der Waals surface area contributed by atoms with Gasteiger partial charge in [0, 0.05) is 37.0 Å². The van der Waals surface area contributed by atoms with E-state index in [0.29, 0.717) is 46.0 Å². The Morgan fingerprint density at radius 1 is 0.929 bits per heavy atom. The Kier molecular flexibility index (Phi) is 8.59. The van der Waals surface area contributed by atoms with E-state index in [1.807, 2.05) is 6.20 Å². The zero-order valence-electron chi connectivity index (χ0n) is 26.8. The molecule has 1 aromatic rings. The summed E-state index contributed by atoms with van der Waals surface area (Å²) in [5.74, 6) is 0. The van der Waals surface area contributed by atoms with Crippen LogP contribution in [0.5, 0.6) is 0 Å². The highest BCUT2D eigenvalue weighted by molar-refractivity contribution is 6.62. The number of aromatic nitrogens is 2. The van der Waals surface area contributed by atoms with Gasteiger partial charge in [0.1, 0.15) is 0 Å². The van der Waals surface area contributed by atoms with Crippen molar-refractivity contribution >= 4 is 18.7 Å². The summed E-state index contributed by atoms with van der Waals surface area (Å²) >= 11 is 0. The standard InChI is InChI=1S/C31H52BN3O7/c1-23-24(32-41-26(2,3)27(4,5)42-32)15-34-35(23)22-30-17-28(6)16-29(7,18-30)20-31(19-28,21-30)40-14-13-39-12-11-38-10-8-9-33-25(36)37/h15,33H,8-14,16-22H2,1-7H3,(H,36,37). The quantitative estimate of drug-likeness (QED) is 0.244. The Morgan fingerprint density at radius 3 is 2.14 bits per heavy atom. The minimum atomic E-state index is -1.00. The number of carbonyl (C=O) groups is 1. The third-order valence-electron chi connectivity index (χ3n) is 10.5. The van der Waals surface area contributed by atoms with Crippen LogP contribution in [0.1, 0.15) is 92.2 Å². The predicted octanol–water partition coefficient (Wildman–Crippen LogP) is 4.32. The molecule has 4 aliphatic carbocycles. The van der Waals surface area contributed by atoms with Gasteiger partial charge in [-0.3, -0.25) is 4.68 Å². The molecule has 2 unspecified atom stereocenters. The van der Waals surface area contributed by atoms with Crippen LogP contribution >= 0.6 is 0 Å². The molecule has 5 fully saturated rings. The lowest BCUT2D eigenvalue weighted by Gasteiger charge is -2.69. The molecular formula is C31H52BN3O7. The van der Waals surface area contributed by atoms with Crippen molar-refractivity contribution in [1.29, 1.82) is 0 Å². The van der Waals surface area contributed by atoms with Crippen molar-refractivity contribution in [2.45, 2.75) is 117 Å². The molecule has 6 rings (SSSR count). The van der Waals surface area contributed by atoms with Crippen molar-refractivity contribution in [2.24, 2.45) is 16.2 Å². The lowest BCUT2D eigenvalue weighted by atomic mass is 9.39. The van der Waals surface area contributed by atoms with E-state index in [0.717, 1.165) is 37.0 Å². The van der Waals surface area contributed by atoms with Crippen molar-refractivity contribution in [2.75, 3.05) is 39.6 Å². The first-order valence-corrected chi connectivity index (χ1v) is 15.7. The molecule has 4 bridgehead atoms. The molecule has 11 heteroatoms. The van der Waals surface area contributed by atoms with Crippen LogP contribution in [-0.2, 0) is 30.1 Å². The molecule has 0 spiro atoms. The topological polar surface area (TPSA) is 113 Å². The summed E-state index contributed by atoms with van der Waals surface area (Å²) in [6, 6.07) is 0. The number of hydrogen-bond acceptors (Lipinski definition) is 7. The van der Waals surface area contributed by atoms with Crippen LogP contribution in [0.25, 0.3) is 0 Å². The first kappa shape index (κ1) is 31.8. The fourth-order valence-corrected chi connectivity index (χ4v) is 9.30. The van der Waals surface area contributed by atoms with E-state index in [4.69, 9.17) is 33.7 Å². The zero-order valence-corrected chi connectivity index (χ0v) is 26.8. The number of hydrogen-bond donors (Lipinski definition) is 2. The average molecular weight is 590 g/mol. The Hall–Kier alpha value is -1.66. The lowest BCUT2D eigenvalue weighted by molar-refractivity contribution is -0.250. The van der Waals surface area contributed by atoms with E-state index in [-0.39, 0.29) is 33.0 Å². The molecule has 2 atom stereocenters. The van der Waals surface area contributed by atoms with E-state index < -0.39 is 13.2 Å². The molecule has 236 valence electrons. The third kappa shape index (κ3) is 6.55. The number of amides is 1. The minimum absolute atomic E-state index is 0.120. The lowest BCUT2D eigenvalue weighted by Crippen LogP contribution is -2.64. The molecule has 1 aliphatic heterocycles. The summed E-state index contributed by atoms with van der Waals surface area (Å²) in [5, 5.41) is 15.8. The van der Waals surface area contributed by atoms with Crippen molar-refractivity contribution < 1.29 is 33.4 Å². The first-order valence-electron chi connectivity index (χ1n) is 15.7. The summed E-state index contributed by atoms with van der Waals surface area (Å²) in [5.41, 5.74) is 1.96. The summed E-state index contributed by atoms with van der Waals surface area (Å²) in [4.78, 5) is 10.5. The second-order valence-electron chi connectivity index (χ2n) is 15.5. The fourth-order valence-electron chi connectivity index (χ4n) is 9.30. The zero-order chi connectivity index (χ0) is 30.4. The van der Waals surface area contributed by atoms with Crippen LogP contribution in [-0.4, -0.2) is 84.5 Å². The molecule has 2 N–H and O–H groups in total. The molecule has 5 aliphatic rings. The highest BCUT2D eigenvalue weighted by Crippen LogP contribution is 2.72. The summed E-state index contributed by atoms with van der Waals surface area (Å²) in [6.07, 6.45) is 8.56. The van der Waals surface area contributed by atoms with Gasteiger partial charge in [0.15, 0.2) is 0 Å². The van der Waals surface area contributed by atoms with E-state index in [1.54, 1.807) is 0 Å². The molecule has 42 heavy (non-hydrogen) atoms. The van der Waals surface area contributed by atoms with Crippen molar-refractivity contribution in [3.63, 3.8) is 0 Å². The maximum atomic E-state index is 10.5. The summed E-state index contributed by atoms with van der Waals surface area (Å²) < 4.78 is 33.0. The second-order valence-corrected chi connectivity index (χ2v) is 15.5. The van der Waals surface area contributed by atoms with E-state index in [9.17, 15) is 4.79 Å². The Labute approximate surface area is 251 Å². The highest BCUT2D eigenvalue weighted by Gasteiger charge is 2.66. The van der Waals surface area contributed by atoms with Crippen LogP contribution in [0.2, 0.25) is 0 Å². The number of nitrogens with one attached hydrogen (secondary N) is 1. The average Bonchev–Trinajstić information content (AvgIpc) is 3.28. The number of nitrogens with zero attached hydrogens (tertiary/aromatic N) is 2. The normalized spacial score (nSPS) is 34.3. The molecule has 10 nitrogen and oxygen atoms in total. The van der Waals surface area contributed by atoms with Gasteiger partial charge in [-0.15, -0.1) is 0 Å². The highest BCUT2D eigenvalue weighted by atomic mass is 16.7. The molecular weight excluding hydrogens is 537 g/mol. The van der Waals surface area contributed by atoms with Crippen LogP contribution in [0.3, 0.4) is 0 Å². The van der Waals surface area contributed by atoms with Crippen molar-refractivity contribution in [3.05, 3.63) is 11.9 Å². The maximum Gasteiger partial charge on any atom is 0.498 e. The van der Waals surface area contributed by atoms with Gasteiger partial charge in [-0.25, -0.2) is 4.79 Å². The molecule has 4 saturated carbocycles. The molecule has 0 radical (unpaired) electrons. The van der Waals surface area contributed by atoms with E-state index in [2.05, 4.69) is 58.5 Å². The van der Waals surface area contributed by atoms with Crippen LogP contribution in [0, 0.1) is 23.2 Å². The number of ether oxygens (including phenoxy) is 3. The van der Waals surface area contributed by atoms with Gasteiger partial charge in [0.05, 0.1) is 43.2 Å². The summed E-state index contributed by atoms with van der Waals surface area (Å²) in [6.45, 7) is 19.4. The molecule has 1 amide bonds. The number of rotatable bonds is 14. The van der Waals surface area contributed by atoms with Gasteiger partial charge in [0.2, 0.25) is 0 Å². The van der Waals surface area contributed by atoms with E-state index >= 15 is 0 Å². The Morgan fingerprint density at radius 2 is 1.52 bits per heavy atom. The Bertz CT molecular complexity index is 1100. The minimum Gasteiger partial charge on any atom is -0.465 e. The predicted molar refractivity (Wildman–Crippen MR) is 160 cm³/mol. The monoisotopic (exact) mass is 589 g/mol. The fraction of sp³-hybridized carbons (Fsp3) is 0.871. The molecule has 0 aromatic carbocycles. The maximum absolute atomic E-state index is 10.5. The van der Waals surface area contributed by atoms with Crippen molar-refractivity contribution in [1.82, 2.24) is 15.1 Å². The van der Waals surface area contributed by atoms with Crippen LogP contribution in [0.4, 0.5) is 4.79 Å². The first-order chi connectivity index (χ1) is 19.6. The summed E-state index contributed by atoms with van der Waals surface area (Å²) in [7, 11) is -0.399. The van der Waals surface area contributed by atoms with Crippen LogP contribution < -0.4 is 10.8 Å². The SMILES string of the molecule is Cc1c(B2OC(C)(C)C(C)(C)O2)cnn1CC12CC3(C)CC(C)(C1)CC(OCCOCCOCCCNC(=O)O)(C3)C2. The Balaban J connectivity index is 1.17. The third-order valence-corrected chi connectivity index (χ3v) is 10.5.